The first-order chi connectivity index (χ1) is 7.36. The summed E-state index contributed by atoms with van der Waals surface area (Å²) in [5, 5.41) is 18.4. The fraction of sp³-hybridized carbons (Fsp3) is 0. The van der Waals surface area contributed by atoms with Crippen LogP contribution in [0.3, 0.4) is 0 Å². The van der Waals surface area contributed by atoms with Crippen molar-refractivity contribution in [3.05, 3.63) is 38.8 Å². The van der Waals surface area contributed by atoms with Crippen molar-refractivity contribution in [3.63, 3.8) is 0 Å². The lowest BCUT2D eigenvalue weighted by atomic mass is 10.3. The Kier molecular flexibility index (Phi) is 3.09. The average Bonchev–Trinajstić information content (AvgIpc) is 2.16. The van der Waals surface area contributed by atoms with Crippen molar-refractivity contribution >= 4 is 21.4 Å². The molecule has 9 nitrogen and oxygen atoms in total. The molecule has 84 valence electrons. The standard InChI is InChI=1S/C6H5N5O4S/c7-10-9-5-2-1-4(16(8,14)15)3-6(5)11(12)13/h1-3H,(H2,8,14,15). The molecule has 0 unspecified atom stereocenters. The minimum atomic E-state index is -4.03. The van der Waals surface area contributed by atoms with Gasteiger partial charge in [0, 0.05) is 11.0 Å². The Labute approximate surface area is 89.3 Å². The van der Waals surface area contributed by atoms with Crippen LogP contribution in [-0.4, -0.2) is 13.3 Å². The number of rotatable bonds is 3. The van der Waals surface area contributed by atoms with Gasteiger partial charge in [0.25, 0.3) is 5.69 Å². The smallest absolute Gasteiger partial charge is 0.258 e. The Bertz CT molecular complexity index is 589. The highest BCUT2D eigenvalue weighted by atomic mass is 32.2. The van der Waals surface area contributed by atoms with Crippen molar-refractivity contribution in [2.24, 2.45) is 10.3 Å². The van der Waals surface area contributed by atoms with Crippen molar-refractivity contribution in [2.75, 3.05) is 0 Å². The first-order valence-electron chi connectivity index (χ1n) is 3.72. The monoisotopic (exact) mass is 243 g/mol. The lowest BCUT2D eigenvalue weighted by Crippen LogP contribution is -2.12. The third kappa shape index (κ3) is 2.45. The number of nitro groups is 1. The van der Waals surface area contributed by atoms with Gasteiger partial charge >= 0.3 is 0 Å². The molecule has 0 aromatic heterocycles. The normalized spacial score (nSPS) is 10.6. The quantitative estimate of drug-likeness (QED) is 0.278. The number of nitrogens with zero attached hydrogens (tertiary/aromatic N) is 4. The van der Waals surface area contributed by atoms with Crippen LogP contribution < -0.4 is 5.14 Å². The molecule has 0 fully saturated rings. The predicted molar refractivity (Wildman–Crippen MR) is 53.3 cm³/mol. The Balaban J connectivity index is 3.51. The summed E-state index contributed by atoms with van der Waals surface area (Å²) in [6, 6.07) is 2.77. The van der Waals surface area contributed by atoms with Crippen molar-refractivity contribution in [1.82, 2.24) is 0 Å². The number of azide groups is 1. The maximum absolute atomic E-state index is 10.9. The molecule has 0 bridgehead atoms. The summed E-state index contributed by atoms with van der Waals surface area (Å²) in [6.45, 7) is 0. The summed E-state index contributed by atoms with van der Waals surface area (Å²) in [4.78, 5) is 11.7. The maximum atomic E-state index is 10.9. The zero-order valence-corrected chi connectivity index (χ0v) is 8.46. The van der Waals surface area contributed by atoms with Gasteiger partial charge in [-0.2, -0.15) is 0 Å². The van der Waals surface area contributed by atoms with Gasteiger partial charge in [0.15, 0.2) is 0 Å². The molecule has 0 radical (unpaired) electrons. The number of hydrogen-bond acceptors (Lipinski definition) is 5. The highest BCUT2D eigenvalue weighted by Gasteiger charge is 2.17. The van der Waals surface area contributed by atoms with Crippen molar-refractivity contribution in [1.29, 1.82) is 0 Å². The van der Waals surface area contributed by atoms with Gasteiger partial charge in [-0.05, 0) is 17.7 Å². The molecule has 0 spiro atoms. The first-order valence-corrected chi connectivity index (χ1v) is 5.27. The molecule has 0 atom stereocenters. The number of sulfonamides is 1. The van der Waals surface area contributed by atoms with Crippen molar-refractivity contribution < 1.29 is 13.3 Å². The van der Waals surface area contributed by atoms with E-state index >= 15 is 0 Å². The Morgan fingerprint density at radius 3 is 2.56 bits per heavy atom. The molecule has 16 heavy (non-hydrogen) atoms. The van der Waals surface area contributed by atoms with Crippen molar-refractivity contribution in [2.45, 2.75) is 4.90 Å². The van der Waals surface area contributed by atoms with Crippen LogP contribution in [0.5, 0.6) is 0 Å². The molecule has 1 aromatic carbocycles. The van der Waals surface area contributed by atoms with E-state index in [0.29, 0.717) is 0 Å². The molecule has 0 saturated carbocycles. The predicted octanol–water partition coefficient (Wildman–Crippen LogP) is 1.18. The number of primary sulfonamides is 1. The third-order valence-electron chi connectivity index (χ3n) is 1.62. The van der Waals surface area contributed by atoms with Crippen LogP contribution in [0.2, 0.25) is 0 Å². The van der Waals surface area contributed by atoms with Gasteiger partial charge < -0.3 is 0 Å². The Morgan fingerprint density at radius 2 is 2.12 bits per heavy atom. The van der Waals surface area contributed by atoms with Gasteiger partial charge in [-0.25, -0.2) is 13.6 Å². The summed E-state index contributed by atoms with van der Waals surface area (Å²) >= 11 is 0. The van der Waals surface area contributed by atoms with E-state index in [4.69, 9.17) is 10.7 Å². The largest absolute Gasteiger partial charge is 0.280 e. The average molecular weight is 243 g/mol. The zero-order chi connectivity index (χ0) is 12.3. The van der Waals surface area contributed by atoms with E-state index in [9.17, 15) is 18.5 Å². The molecular weight excluding hydrogens is 238 g/mol. The Morgan fingerprint density at radius 1 is 1.50 bits per heavy atom. The topological polar surface area (TPSA) is 152 Å². The molecule has 0 amide bonds. The molecular formula is C6H5N5O4S. The third-order valence-corrected chi connectivity index (χ3v) is 2.54. The lowest BCUT2D eigenvalue weighted by molar-refractivity contribution is -0.384. The Hall–Kier alpha value is -2.16. The molecule has 0 aliphatic carbocycles. The second-order valence-electron chi connectivity index (χ2n) is 2.64. The summed E-state index contributed by atoms with van der Waals surface area (Å²) in [6.07, 6.45) is 0. The first kappa shape index (κ1) is 11.9. The van der Waals surface area contributed by atoms with Crippen LogP contribution >= 0.6 is 0 Å². The van der Waals surface area contributed by atoms with E-state index < -0.39 is 25.5 Å². The molecule has 2 N–H and O–H groups in total. The molecule has 0 heterocycles. The van der Waals surface area contributed by atoms with E-state index in [2.05, 4.69) is 10.0 Å². The summed E-state index contributed by atoms with van der Waals surface area (Å²) in [5.74, 6) is 0. The maximum Gasteiger partial charge on any atom is 0.280 e. The SMILES string of the molecule is [N-]=[N+]=Nc1ccc(S(N)(=O)=O)cc1[N+](=O)[O-]. The van der Waals surface area contributed by atoms with Crippen LogP contribution in [0, 0.1) is 10.1 Å². The molecule has 1 aromatic rings. The second-order valence-corrected chi connectivity index (χ2v) is 4.20. The summed E-state index contributed by atoms with van der Waals surface area (Å²) in [7, 11) is -4.03. The molecule has 0 saturated heterocycles. The molecule has 0 aliphatic rings. The minimum Gasteiger partial charge on any atom is -0.258 e. The number of nitrogens with two attached hydrogens (primary N) is 1. The highest BCUT2D eigenvalue weighted by molar-refractivity contribution is 7.89. The van der Waals surface area contributed by atoms with Crippen LogP contribution in [0.15, 0.2) is 28.2 Å². The van der Waals surface area contributed by atoms with Gasteiger partial charge in [-0.3, -0.25) is 10.1 Å². The van der Waals surface area contributed by atoms with Gasteiger partial charge in [0.2, 0.25) is 10.0 Å². The van der Waals surface area contributed by atoms with Crippen LogP contribution in [0.4, 0.5) is 11.4 Å². The van der Waals surface area contributed by atoms with E-state index in [-0.39, 0.29) is 5.69 Å². The molecule has 10 heteroatoms. The van der Waals surface area contributed by atoms with Crippen molar-refractivity contribution in [3.8, 4) is 0 Å². The van der Waals surface area contributed by atoms with Gasteiger partial charge in [-0.1, -0.05) is 5.11 Å². The van der Waals surface area contributed by atoms with Crippen LogP contribution in [0.25, 0.3) is 10.4 Å². The fourth-order valence-electron chi connectivity index (χ4n) is 0.959. The number of nitro benzene ring substituents is 1. The van der Waals surface area contributed by atoms with Gasteiger partial charge in [0.1, 0.15) is 5.69 Å². The minimum absolute atomic E-state index is 0.278. The van der Waals surface area contributed by atoms with E-state index in [1.165, 1.54) is 0 Å². The number of hydrogen-bond donors (Lipinski definition) is 1. The van der Waals surface area contributed by atoms with Gasteiger partial charge in [-0.15, -0.1) is 0 Å². The zero-order valence-electron chi connectivity index (χ0n) is 7.64. The van der Waals surface area contributed by atoms with E-state index in [0.717, 1.165) is 18.2 Å². The highest BCUT2D eigenvalue weighted by Crippen LogP contribution is 2.29. The van der Waals surface area contributed by atoms with Crippen LogP contribution in [0.1, 0.15) is 0 Å². The molecule has 0 aliphatic heterocycles. The summed E-state index contributed by atoms with van der Waals surface area (Å²) in [5.41, 5.74) is 7.25. The van der Waals surface area contributed by atoms with Gasteiger partial charge in [0.05, 0.1) is 9.82 Å². The second kappa shape index (κ2) is 4.14. The summed E-state index contributed by atoms with van der Waals surface area (Å²) < 4.78 is 21.9. The number of benzene rings is 1. The fourth-order valence-corrected chi connectivity index (χ4v) is 1.49. The molecule has 1 rings (SSSR count). The lowest BCUT2D eigenvalue weighted by Gasteiger charge is -1.99. The van der Waals surface area contributed by atoms with E-state index in [1.807, 2.05) is 0 Å². The van der Waals surface area contributed by atoms with E-state index in [1.54, 1.807) is 0 Å². The van der Waals surface area contributed by atoms with Crippen LogP contribution in [-0.2, 0) is 10.0 Å².